The Kier molecular flexibility index (Phi) is 7.81. The third-order valence-corrected chi connectivity index (χ3v) is 5.36. The van der Waals surface area contributed by atoms with Crippen molar-refractivity contribution in [1.82, 2.24) is 20.6 Å². The van der Waals surface area contributed by atoms with Crippen LogP contribution >= 0.6 is 11.8 Å². The third kappa shape index (κ3) is 5.64. The molecule has 3 aromatic rings. The highest BCUT2D eigenvalue weighted by atomic mass is 32.2. The van der Waals surface area contributed by atoms with Crippen LogP contribution in [0, 0.1) is 0 Å². The predicted octanol–water partition coefficient (Wildman–Crippen LogP) is 1.85. The van der Waals surface area contributed by atoms with Gasteiger partial charge in [-0.3, -0.25) is 14.6 Å². The van der Waals surface area contributed by atoms with Crippen LogP contribution in [0.1, 0.15) is 23.3 Å². The Balaban J connectivity index is 1.82. The maximum atomic E-state index is 12.9. The van der Waals surface area contributed by atoms with Crippen LogP contribution in [0.25, 0.3) is 0 Å². The van der Waals surface area contributed by atoms with Gasteiger partial charge in [0.2, 0.25) is 0 Å². The zero-order chi connectivity index (χ0) is 22.9. The van der Waals surface area contributed by atoms with Crippen molar-refractivity contribution in [3.63, 3.8) is 0 Å². The van der Waals surface area contributed by atoms with Crippen LogP contribution in [0.2, 0.25) is 0 Å². The van der Waals surface area contributed by atoms with Crippen molar-refractivity contribution in [2.24, 2.45) is 5.10 Å². The largest absolute Gasteiger partial charge is 0.492 e. The van der Waals surface area contributed by atoms with Crippen molar-refractivity contribution in [2.45, 2.75) is 17.2 Å². The zero-order valence-electron chi connectivity index (χ0n) is 17.3. The van der Waals surface area contributed by atoms with Crippen LogP contribution in [0.4, 0.5) is 0 Å². The Morgan fingerprint density at radius 1 is 1.22 bits per heavy atom. The van der Waals surface area contributed by atoms with Gasteiger partial charge in [0.15, 0.2) is 16.5 Å². The SMILES string of the molecule is CCOc1cccc(/C=N\NC(=O)C(Sc2n[nH]c(=O)[nH]c2=O)c2ccccc2)c1OC. The number of hydrogen-bond donors (Lipinski definition) is 3. The summed E-state index contributed by atoms with van der Waals surface area (Å²) in [6, 6.07) is 14.2. The Hall–Kier alpha value is -3.86. The van der Waals surface area contributed by atoms with Gasteiger partial charge in [-0.15, -0.1) is 0 Å². The van der Waals surface area contributed by atoms with Gasteiger partial charge in [0, 0.05) is 5.56 Å². The summed E-state index contributed by atoms with van der Waals surface area (Å²) < 4.78 is 10.9. The Morgan fingerprint density at radius 3 is 2.69 bits per heavy atom. The summed E-state index contributed by atoms with van der Waals surface area (Å²) in [6.07, 6.45) is 1.44. The highest BCUT2D eigenvalue weighted by molar-refractivity contribution is 8.00. The number of nitrogens with zero attached hydrogens (tertiary/aromatic N) is 2. The van der Waals surface area contributed by atoms with Crippen molar-refractivity contribution in [2.75, 3.05) is 13.7 Å². The van der Waals surface area contributed by atoms with Gasteiger partial charge in [-0.25, -0.2) is 15.3 Å². The molecular weight excluding hydrogens is 434 g/mol. The van der Waals surface area contributed by atoms with Gasteiger partial charge in [0.25, 0.3) is 11.5 Å². The number of ether oxygens (including phenoxy) is 2. The molecule has 0 bridgehead atoms. The predicted molar refractivity (Wildman–Crippen MR) is 120 cm³/mol. The number of aromatic amines is 2. The van der Waals surface area contributed by atoms with E-state index in [4.69, 9.17) is 9.47 Å². The van der Waals surface area contributed by atoms with Gasteiger partial charge in [0.1, 0.15) is 5.25 Å². The molecule has 3 N–H and O–H groups in total. The van der Waals surface area contributed by atoms with E-state index < -0.39 is 22.4 Å². The number of amides is 1. The minimum atomic E-state index is -0.843. The number of aromatic nitrogens is 3. The highest BCUT2D eigenvalue weighted by Gasteiger charge is 2.24. The molecule has 166 valence electrons. The molecular formula is C21H21N5O5S. The number of carbonyl (C=O) groups is 1. The first-order chi connectivity index (χ1) is 15.5. The second-order valence-corrected chi connectivity index (χ2v) is 7.36. The molecule has 32 heavy (non-hydrogen) atoms. The zero-order valence-corrected chi connectivity index (χ0v) is 18.1. The lowest BCUT2D eigenvalue weighted by atomic mass is 10.1. The maximum Gasteiger partial charge on any atom is 0.342 e. The van der Waals surface area contributed by atoms with Crippen molar-refractivity contribution in [3.05, 3.63) is 80.5 Å². The van der Waals surface area contributed by atoms with E-state index >= 15 is 0 Å². The molecule has 11 heteroatoms. The first-order valence-corrected chi connectivity index (χ1v) is 10.4. The second kappa shape index (κ2) is 11.0. The normalized spacial score (nSPS) is 11.8. The molecule has 1 aromatic heterocycles. The number of hydrazone groups is 1. The molecule has 0 radical (unpaired) electrons. The van der Waals surface area contributed by atoms with Gasteiger partial charge >= 0.3 is 5.69 Å². The van der Waals surface area contributed by atoms with Gasteiger partial charge < -0.3 is 9.47 Å². The van der Waals surface area contributed by atoms with E-state index in [1.54, 1.807) is 42.5 Å². The van der Waals surface area contributed by atoms with Crippen LogP contribution in [0.5, 0.6) is 11.5 Å². The van der Waals surface area contributed by atoms with Gasteiger partial charge in [0.05, 0.1) is 19.9 Å². The van der Waals surface area contributed by atoms with E-state index in [0.29, 0.717) is 29.2 Å². The summed E-state index contributed by atoms with van der Waals surface area (Å²) in [5, 5.41) is 9.04. The van der Waals surface area contributed by atoms with Gasteiger partial charge in [-0.05, 0) is 24.6 Å². The first kappa shape index (κ1) is 22.8. The second-order valence-electron chi connectivity index (χ2n) is 6.27. The third-order valence-electron chi connectivity index (χ3n) is 4.14. The molecule has 2 aromatic carbocycles. The Bertz CT molecular complexity index is 1210. The topological polar surface area (TPSA) is 139 Å². The molecule has 1 unspecified atom stereocenters. The fourth-order valence-corrected chi connectivity index (χ4v) is 3.71. The molecule has 0 aliphatic heterocycles. The van der Waals surface area contributed by atoms with Crippen molar-refractivity contribution >= 4 is 23.9 Å². The van der Waals surface area contributed by atoms with Crippen LogP contribution < -0.4 is 26.1 Å². The molecule has 3 rings (SSSR count). The lowest BCUT2D eigenvalue weighted by Gasteiger charge is -2.14. The maximum absolute atomic E-state index is 12.9. The number of H-pyrrole nitrogens is 2. The summed E-state index contributed by atoms with van der Waals surface area (Å²) in [4.78, 5) is 38.3. The number of nitrogens with one attached hydrogen (secondary N) is 3. The molecule has 1 amide bonds. The number of rotatable bonds is 9. The van der Waals surface area contributed by atoms with Crippen LogP contribution in [-0.2, 0) is 4.79 Å². The molecule has 0 saturated carbocycles. The van der Waals surface area contributed by atoms with Crippen LogP contribution in [0.3, 0.4) is 0 Å². The van der Waals surface area contributed by atoms with E-state index in [0.717, 1.165) is 11.8 Å². The lowest BCUT2D eigenvalue weighted by Crippen LogP contribution is -2.28. The van der Waals surface area contributed by atoms with Gasteiger partial charge in [-0.1, -0.05) is 48.2 Å². The molecule has 0 fully saturated rings. The minimum absolute atomic E-state index is 0.0522. The number of hydrogen-bond acceptors (Lipinski definition) is 8. The molecule has 1 atom stereocenters. The fraction of sp³-hybridized carbons (Fsp3) is 0.190. The molecule has 0 aliphatic rings. The molecule has 0 aliphatic carbocycles. The molecule has 0 saturated heterocycles. The number of carbonyl (C=O) groups excluding carboxylic acids is 1. The van der Waals surface area contributed by atoms with E-state index in [9.17, 15) is 14.4 Å². The minimum Gasteiger partial charge on any atom is -0.492 e. The number of thioether (sulfide) groups is 1. The van der Waals surface area contributed by atoms with Gasteiger partial charge in [-0.2, -0.15) is 10.2 Å². The molecule has 10 nitrogen and oxygen atoms in total. The van der Waals surface area contributed by atoms with Crippen molar-refractivity contribution < 1.29 is 14.3 Å². The lowest BCUT2D eigenvalue weighted by molar-refractivity contribution is -0.120. The highest BCUT2D eigenvalue weighted by Crippen LogP contribution is 2.33. The Morgan fingerprint density at radius 2 is 2.00 bits per heavy atom. The monoisotopic (exact) mass is 455 g/mol. The van der Waals surface area contributed by atoms with E-state index in [-0.39, 0.29) is 5.03 Å². The summed E-state index contributed by atoms with van der Waals surface area (Å²) >= 11 is 0.893. The first-order valence-electron chi connectivity index (χ1n) is 9.56. The van der Waals surface area contributed by atoms with E-state index in [1.165, 1.54) is 13.3 Å². The quantitative estimate of drug-likeness (QED) is 0.254. The van der Waals surface area contributed by atoms with Crippen LogP contribution in [0.15, 0.2) is 68.2 Å². The van der Waals surface area contributed by atoms with Crippen molar-refractivity contribution in [1.29, 1.82) is 0 Å². The van der Waals surface area contributed by atoms with Crippen LogP contribution in [-0.4, -0.2) is 41.0 Å². The van der Waals surface area contributed by atoms with E-state index in [1.807, 2.05) is 13.0 Å². The summed E-state index contributed by atoms with van der Waals surface area (Å²) in [7, 11) is 1.52. The number of para-hydroxylation sites is 1. The summed E-state index contributed by atoms with van der Waals surface area (Å²) in [5.41, 5.74) is 2.31. The summed E-state index contributed by atoms with van der Waals surface area (Å²) in [6.45, 7) is 2.34. The standard InChI is InChI=1S/C21H21N5O5S/c1-3-31-15-11-7-10-14(16(15)30-2)12-22-24-18(27)17(13-8-5-4-6-9-13)32-20-19(28)23-21(29)26-25-20/h4-12,17H,3H2,1-2H3,(H,24,27)(H2,23,26,28,29)/b22-12-. The Labute approximate surface area is 187 Å². The molecule has 1 heterocycles. The summed E-state index contributed by atoms with van der Waals surface area (Å²) in [5.74, 6) is 0.571. The van der Waals surface area contributed by atoms with E-state index in [2.05, 4.69) is 25.7 Å². The number of methoxy groups -OCH3 is 1. The molecule has 0 spiro atoms. The average Bonchev–Trinajstić information content (AvgIpc) is 2.79. The van der Waals surface area contributed by atoms with Crippen molar-refractivity contribution in [3.8, 4) is 11.5 Å². The number of benzene rings is 2. The smallest absolute Gasteiger partial charge is 0.342 e. The average molecular weight is 455 g/mol. The fourth-order valence-electron chi connectivity index (χ4n) is 2.78.